The molecule has 0 atom stereocenters. The molecule has 0 spiro atoms. The molecule has 0 bridgehead atoms. The van der Waals surface area contributed by atoms with Gasteiger partial charge < -0.3 is 10.5 Å². The zero-order valence-electron chi connectivity index (χ0n) is 10.9. The van der Waals surface area contributed by atoms with Gasteiger partial charge in [0.05, 0.1) is 12.3 Å². The molecule has 0 aromatic heterocycles. The van der Waals surface area contributed by atoms with E-state index in [9.17, 15) is 0 Å². The average molecular weight is 241 g/mol. The minimum absolute atomic E-state index is 0.651. The Bertz CT molecular complexity index is 534. The summed E-state index contributed by atoms with van der Waals surface area (Å²) in [6.45, 7) is 4.89. The van der Waals surface area contributed by atoms with Gasteiger partial charge in [-0.05, 0) is 37.1 Å². The van der Waals surface area contributed by atoms with E-state index < -0.39 is 0 Å². The lowest BCUT2D eigenvalue weighted by Gasteiger charge is -2.10. The van der Waals surface area contributed by atoms with Gasteiger partial charge in [-0.25, -0.2) is 0 Å². The van der Waals surface area contributed by atoms with Crippen molar-refractivity contribution in [3.63, 3.8) is 0 Å². The van der Waals surface area contributed by atoms with Crippen LogP contribution >= 0.6 is 0 Å². The quantitative estimate of drug-likeness (QED) is 0.831. The third-order valence-corrected chi connectivity index (χ3v) is 3.05. The molecule has 2 aromatic rings. The molecule has 0 saturated heterocycles. The number of hydrogen-bond acceptors (Lipinski definition) is 2. The maximum atomic E-state index is 5.83. The molecule has 0 aliphatic rings. The number of nitrogens with two attached hydrogens (primary N) is 1. The molecule has 0 amide bonds. The van der Waals surface area contributed by atoms with E-state index >= 15 is 0 Å². The van der Waals surface area contributed by atoms with Gasteiger partial charge in [-0.3, -0.25) is 0 Å². The Morgan fingerprint density at radius 1 is 1.06 bits per heavy atom. The fourth-order valence-electron chi connectivity index (χ4n) is 1.95. The zero-order valence-corrected chi connectivity index (χ0v) is 10.9. The smallest absolute Gasteiger partial charge is 0.142 e. The first-order valence-electron chi connectivity index (χ1n) is 6.20. The summed E-state index contributed by atoms with van der Waals surface area (Å²) in [6.07, 6.45) is 0.905. The molecule has 2 aromatic carbocycles. The number of para-hydroxylation sites is 2. The Morgan fingerprint density at radius 3 is 2.61 bits per heavy atom. The van der Waals surface area contributed by atoms with E-state index in [2.05, 4.69) is 32.0 Å². The fourth-order valence-corrected chi connectivity index (χ4v) is 1.95. The van der Waals surface area contributed by atoms with Gasteiger partial charge in [0.15, 0.2) is 0 Å². The molecule has 0 unspecified atom stereocenters. The first-order valence-corrected chi connectivity index (χ1v) is 6.20. The molecule has 94 valence electrons. The van der Waals surface area contributed by atoms with Crippen LogP contribution in [-0.4, -0.2) is 6.61 Å². The summed E-state index contributed by atoms with van der Waals surface area (Å²) in [5.41, 5.74) is 10.5. The normalized spacial score (nSPS) is 10.3. The monoisotopic (exact) mass is 241 g/mol. The van der Waals surface area contributed by atoms with Crippen molar-refractivity contribution in [2.24, 2.45) is 0 Å². The Hall–Kier alpha value is -1.96. The van der Waals surface area contributed by atoms with Crippen LogP contribution in [0, 0.1) is 13.8 Å². The second-order valence-corrected chi connectivity index (χ2v) is 4.57. The first-order chi connectivity index (χ1) is 8.66. The van der Waals surface area contributed by atoms with E-state index in [-0.39, 0.29) is 0 Å². The lowest BCUT2D eigenvalue weighted by molar-refractivity contribution is 0.323. The van der Waals surface area contributed by atoms with Crippen LogP contribution in [-0.2, 0) is 6.42 Å². The van der Waals surface area contributed by atoms with Gasteiger partial charge in [-0.1, -0.05) is 35.9 Å². The minimum atomic E-state index is 0.651. The summed E-state index contributed by atoms with van der Waals surface area (Å²) in [7, 11) is 0. The van der Waals surface area contributed by atoms with E-state index in [4.69, 9.17) is 10.5 Å². The van der Waals surface area contributed by atoms with Crippen molar-refractivity contribution in [1.82, 2.24) is 0 Å². The summed E-state index contributed by atoms with van der Waals surface area (Å²) >= 11 is 0. The van der Waals surface area contributed by atoms with Crippen LogP contribution in [0.25, 0.3) is 0 Å². The molecule has 2 rings (SSSR count). The minimum Gasteiger partial charge on any atom is -0.491 e. The third-order valence-electron chi connectivity index (χ3n) is 3.05. The number of ether oxygens (including phenoxy) is 1. The summed E-state index contributed by atoms with van der Waals surface area (Å²) in [4.78, 5) is 0. The van der Waals surface area contributed by atoms with Gasteiger partial charge in [0.1, 0.15) is 5.75 Å². The summed E-state index contributed by atoms with van der Waals surface area (Å²) < 4.78 is 5.71. The summed E-state index contributed by atoms with van der Waals surface area (Å²) in [5, 5.41) is 0. The van der Waals surface area contributed by atoms with Crippen molar-refractivity contribution in [1.29, 1.82) is 0 Å². The number of nitrogen functional groups attached to an aromatic ring is 1. The van der Waals surface area contributed by atoms with E-state index in [1.807, 2.05) is 24.3 Å². The third kappa shape index (κ3) is 3.04. The molecule has 0 aliphatic heterocycles. The standard InChI is InChI=1S/C16H19NO/c1-12-7-8-13(2)14(11-12)9-10-18-16-6-4-3-5-15(16)17/h3-8,11H,9-10,17H2,1-2H3. The zero-order chi connectivity index (χ0) is 13.0. The Morgan fingerprint density at radius 2 is 1.83 bits per heavy atom. The van der Waals surface area contributed by atoms with Crippen molar-refractivity contribution in [2.75, 3.05) is 12.3 Å². The Balaban J connectivity index is 1.96. The van der Waals surface area contributed by atoms with Crippen molar-refractivity contribution < 1.29 is 4.74 Å². The van der Waals surface area contributed by atoms with Gasteiger partial charge in [0, 0.05) is 6.42 Å². The Labute approximate surface area is 108 Å². The largest absolute Gasteiger partial charge is 0.491 e. The van der Waals surface area contributed by atoms with Gasteiger partial charge in [0.25, 0.3) is 0 Å². The van der Waals surface area contributed by atoms with Crippen LogP contribution in [0.1, 0.15) is 16.7 Å². The van der Waals surface area contributed by atoms with Gasteiger partial charge in [-0.2, -0.15) is 0 Å². The number of anilines is 1. The number of aryl methyl sites for hydroxylation is 2. The topological polar surface area (TPSA) is 35.2 Å². The summed E-state index contributed by atoms with van der Waals surface area (Å²) in [5.74, 6) is 0.766. The van der Waals surface area contributed by atoms with Crippen molar-refractivity contribution >= 4 is 5.69 Å². The molecule has 2 heteroatoms. The molecule has 18 heavy (non-hydrogen) atoms. The van der Waals surface area contributed by atoms with Gasteiger partial charge in [-0.15, -0.1) is 0 Å². The molecule has 0 saturated carbocycles. The summed E-state index contributed by atoms with van der Waals surface area (Å²) in [6, 6.07) is 14.1. The molecular weight excluding hydrogens is 222 g/mol. The lowest BCUT2D eigenvalue weighted by Crippen LogP contribution is -2.04. The lowest BCUT2D eigenvalue weighted by atomic mass is 10.0. The van der Waals surface area contributed by atoms with Crippen LogP contribution in [0.15, 0.2) is 42.5 Å². The second kappa shape index (κ2) is 5.58. The van der Waals surface area contributed by atoms with Crippen LogP contribution < -0.4 is 10.5 Å². The van der Waals surface area contributed by atoms with Crippen LogP contribution in [0.3, 0.4) is 0 Å². The molecule has 0 heterocycles. The van der Waals surface area contributed by atoms with Crippen LogP contribution in [0.4, 0.5) is 5.69 Å². The Kier molecular flexibility index (Phi) is 3.88. The molecule has 2 N–H and O–H groups in total. The van der Waals surface area contributed by atoms with Crippen molar-refractivity contribution in [3.05, 3.63) is 59.2 Å². The molecule has 0 fully saturated rings. The van der Waals surface area contributed by atoms with E-state index in [0.717, 1.165) is 12.2 Å². The van der Waals surface area contributed by atoms with Gasteiger partial charge >= 0.3 is 0 Å². The molecule has 2 nitrogen and oxygen atoms in total. The highest BCUT2D eigenvalue weighted by atomic mass is 16.5. The molecular formula is C16H19NO. The fraction of sp³-hybridized carbons (Fsp3) is 0.250. The SMILES string of the molecule is Cc1ccc(C)c(CCOc2ccccc2N)c1. The molecule has 0 radical (unpaired) electrons. The van der Waals surface area contributed by atoms with E-state index in [0.29, 0.717) is 12.3 Å². The highest BCUT2D eigenvalue weighted by molar-refractivity contribution is 5.51. The van der Waals surface area contributed by atoms with Crippen molar-refractivity contribution in [2.45, 2.75) is 20.3 Å². The highest BCUT2D eigenvalue weighted by Gasteiger charge is 2.01. The van der Waals surface area contributed by atoms with Crippen LogP contribution in [0.5, 0.6) is 5.75 Å². The predicted octanol–water partition coefficient (Wildman–Crippen LogP) is 3.51. The molecule has 0 aliphatic carbocycles. The number of benzene rings is 2. The second-order valence-electron chi connectivity index (χ2n) is 4.57. The first kappa shape index (κ1) is 12.5. The highest BCUT2D eigenvalue weighted by Crippen LogP contribution is 2.20. The van der Waals surface area contributed by atoms with E-state index in [1.54, 1.807) is 0 Å². The number of rotatable bonds is 4. The number of hydrogen-bond donors (Lipinski definition) is 1. The van der Waals surface area contributed by atoms with Gasteiger partial charge in [0.2, 0.25) is 0 Å². The van der Waals surface area contributed by atoms with Crippen LogP contribution in [0.2, 0.25) is 0 Å². The average Bonchev–Trinajstić information content (AvgIpc) is 2.36. The van der Waals surface area contributed by atoms with E-state index in [1.165, 1.54) is 16.7 Å². The maximum absolute atomic E-state index is 5.83. The maximum Gasteiger partial charge on any atom is 0.142 e. The predicted molar refractivity (Wildman–Crippen MR) is 76.0 cm³/mol. The van der Waals surface area contributed by atoms with Crippen molar-refractivity contribution in [3.8, 4) is 5.75 Å².